The van der Waals surface area contributed by atoms with Gasteiger partial charge in [-0.25, -0.2) is 0 Å². The summed E-state index contributed by atoms with van der Waals surface area (Å²) >= 11 is 5.56. The topological polar surface area (TPSA) is 89.4 Å². The Bertz CT molecular complexity index is 379. The van der Waals surface area contributed by atoms with Gasteiger partial charge in [-0.2, -0.15) is 0 Å². The first kappa shape index (κ1) is 10.7. The van der Waals surface area contributed by atoms with E-state index >= 15 is 0 Å². The molecule has 6 heteroatoms. The second kappa shape index (κ2) is 3.81. The molecule has 1 rings (SSSR count). The summed E-state index contributed by atoms with van der Waals surface area (Å²) in [6, 6.07) is 1.83. The maximum Gasteiger partial charge on any atom is 0.288 e. The van der Waals surface area contributed by atoms with Crippen LogP contribution in [0.3, 0.4) is 0 Å². The molecule has 76 valence electrons. The molecule has 0 amide bonds. The summed E-state index contributed by atoms with van der Waals surface area (Å²) in [6.07, 6.45) is 0. The summed E-state index contributed by atoms with van der Waals surface area (Å²) in [5.74, 6) is -0.129. The summed E-state index contributed by atoms with van der Waals surface area (Å²) in [6.45, 7) is 1.62. The van der Waals surface area contributed by atoms with Crippen LogP contribution in [0, 0.1) is 10.1 Å². The van der Waals surface area contributed by atoms with Crippen LogP contribution in [0.5, 0.6) is 5.75 Å². The maximum absolute atomic E-state index is 10.5. The van der Waals surface area contributed by atoms with Crippen molar-refractivity contribution in [2.24, 2.45) is 5.73 Å². The summed E-state index contributed by atoms with van der Waals surface area (Å²) in [7, 11) is 0. The highest BCUT2D eigenvalue weighted by molar-refractivity contribution is 6.32. The normalized spacial score (nSPS) is 12.5. The monoisotopic (exact) mass is 216 g/mol. The van der Waals surface area contributed by atoms with E-state index in [0.29, 0.717) is 5.56 Å². The number of phenolic OH excluding ortho intramolecular Hbond substituents is 1. The number of rotatable bonds is 2. The number of nitro benzene ring substituents is 1. The highest BCUT2D eigenvalue weighted by Gasteiger charge is 2.18. The SMILES string of the molecule is C[C@@H](N)c1cc([N+](=O)[O-])c(Cl)cc1O. The number of halogens is 1. The molecule has 0 bridgehead atoms. The number of aromatic hydroxyl groups is 1. The van der Waals surface area contributed by atoms with Gasteiger partial charge in [0.2, 0.25) is 0 Å². The van der Waals surface area contributed by atoms with Crippen molar-refractivity contribution in [3.8, 4) is 5.75 Å². The van der Waals surface area contributed by atoms with Crippen LogP contribution in [0.4, 0.5) is 5.69 Å². The standard InChI is InChI=1S/C8H9ClN2O3/c1-4(10)5-2-7(11(13)14)6(9)3-8(5)12/h2-4,12H,10H2,1H3/t4-/m1/s1. The first-order valence-corrected chi connectivity index (χ1v) is 4.23. The predicted octanol–water partition coefficient (Wildman–Crippen LogP) is 1.97. The second-order valence-corrected chi connectivity index (χ2v) is 3.32. The zero-order chi connectivity index (χ0) is 10.9. The largest absolute Gasteiger partial charge is 0.508 e. The van der Waals surface area contributed by atoms with E-state index in [2.05, 4.69) is 0 Å². The van der Waals surface area contributed by atoms with Gasteiger partial charge in [0, 0.05) is 23.7 Å². The van der Waals surface area contributed by atoms with Crippen molar-refractivity contribution in [3.63, 3.8) is 0 Å². The molecule has 0 unspecified atom stereocenters. The molecule has 0 spiro atoms. The van der Waals surface area contributed by atoms with Crippen molar-refractivity contribution in [3.05, 3.63) is 32.8 Å². The van der Waals surface area contributed by atoms with Gasteiger partial charge >= 0.3 is 0 Å². The molecular formula is C8H9ClN2O3. The fourth-order valence-corrected chi connectivity index (χ4v) is 1.30. The Balaban J connectivity index is 3.34. The minimum Gasteiger partial charge on any atom is -0.508 e. The Morgan fingerprint density at radius 1 is 1.64 bits per heavy atom. The molecule has 0 fully saturated rings. The fourth-order valence-electron chi connectivity index (χ4n) is 1.07. The Hall–Kier alpha value is -1.33. The molecule has 1 aromatic carbocycles. The lowest BCUT2D eigenvalue weighted by molar-refractivity contribution is -0.384. The zero-order valence-electron chi connectivity index (χ0n) is 7.40. The van der Waals surface area contributed by atoms with Crippen molar-refractivity contribution < 1.29 is 10.0 Å². The van der Waals surface area contributed by atoms with Gasteiger partial charge in [-0.3, -0.25) is 10.1 Å². The number of hydrogen-bond acceptors (Lipinski definition) is 4. The molecule has 3 N–H and O–H groups in total. The molecule has 0 aliphatic heterocycles. The lowest BCUT2D eigenvalue weighted by Crippen LogP contribution is -2.06. The molecule has 5 nitrogen and oxygen atoms in total. The smallest absolute Gasteiger partial charge is 0.288 e. The van der Waals surface area contributed by atoms with E-state index in [-0.39, 0.29) is 16.5 Å². The highest BCUT2D eigenvalue weighted by Crippen LogP contribution is 2.33. The average Bonchev–Trinajstić information content (AvgIpc) is 2.02. The lowest BCUT2D eigenvalue weighted by Gasteiger charge is -2.08. The molecule has 0 aliphatic rings. The number of nitro groups is 1. The van der Waals surface area contributed by atoms with E-state index < -0.39 is 11.0 Å². The van der Waals surface area contributed by atoms with Crippen LogP contribution in [0.2, 0.25) is 5.02 Å². The van der Waals surface area contributed by atoms with Crippen LogP contribution in [0.15, 0.2) is 12.1 Å². The molecule has 0 heterocycles. The molecule has 1 atom stereocenters. The van der Waals surface area contributed by atoms with Gasteiger partial charge in [-0.05, 0) is 6.92 Å². The Labute approximate surface area is 85.3 Å². The van der Waals surface area contributed by atoms with Gasteiger partial charge in [-0.1, -0.05) is 11.6 Å². The quantitative estimate of drug-likeness (QED) is 0.584. The summed E-state index contributed by atoms with van der Waals surface area (Å²) in [5.41, 5.74) is 5.56. The van der Waals surface area contributed by atoms with Crippen LogP contribution in [-0.2, 0) is 0 Å². The molecule has 0 saturated carbocycles. The van der Waals surface area contributed by atoms with E-state index in [1.165, 1.54) is 6.07 Å². The number of benzene rings is 1. The van der Waals surface area contributed by atoms with Gasteiger partial charge in [0.15, 0.2) is 0 Å². The average molecular weight is 217 g/mol. The van der Waals surface area contributed by atoms with Crippen molar-refractivity contribution in [1.82, 2.24) is 0 Å². The van der Waals surface area contributed by atoms with Crippen LogP contribution in [0.25, 0.3) is 0 Å². The Kier molecular flexibility index (Phi) is 2.93. The third-order valence-electron chi connectivity index (χ3n) is 1.78. The van der Waals surface area contributed by atoms with E-state index in [0.717, 1.165) is 6.07 Å². The molecule has 0 aromatic heterocycles. The second-order valence-electron chi connectivity index (χ2n) is 2.91. The summed E-state index contributed by atoms with van der Waals surface area (Å²) < 4.78 is 0. The van der Waals surface area contributed by atoms with Crippen molar-refractivity contribution in [2.75, 3.05) is 0 Å². The number of hydrogen-bond donors (Lipinski definition) is 2. The summed E-state index contributed by atoms with van der Waals surface area (Å²) in [4.78, 5) is 9.89. The molecular weight excluding hydrogens is 208 g/mol. The van der Waals surface area contributed by atoms with E-state index in [1.54, 1.807) is 6.92 Å². The Morgan fingerprint density at radius 2 is 2.21 bits per heavy atom. The minimum absolute atomic E-state index is 0.100. The van der Waals surface area contributed by atoms with Gasteiger partial charge in [0.1, 0.15) is 10.8 Å². The van der Waals surface area contributed by atoms with Crippen molar-refractivity contribution in [1.29, 1.82) is 0 Å². The van der Waals surface area contributed by atoms with Gasteiger partial charge in [0.05, 0.1) is 4.92 Å². The first-order chi connectivity index (χ1) is 6.43. The van der Waals surface area contributed by atoms with Crippen molar-refractivity contribution >= 4 is 17.3 Å². The minimum atomic E-state index is -0.617. The predicted molar refractivity (Wildman–Crippen MR) is 52.4 cm³/mol. The summed E-state index contributed by atoms with van der Waals surface area (Å²) in [5, 5.41) is 19.8. The Morgan fingerprint density at radius 3 is 2.64 bits per heavy atom. The van der Waals surface area contributed by atoms with Gasteiger partial charge in [-0.15, -0.1) is 0 Å². The molecule has 0 aliphatic carbocycles. The van der Waals surface area contributed by atoms with Gasteiger partial charge < -0.3 is 10.8 Å². The van der Waals surface area contributed by atoms with E-state index in [1.807, 2.05) is 0 Å². The van der Waals surface area contributed by atoms with Gasteiger partial charge in [0.25, 0.3) is 5.69 Å². The number of nitrogens with two attached hydrogens (primary N) is 1. The lowest BCUT2D eigenvalue weighted by atomic mass is 10.1. The molecule has 0 radical (unpaired) electrons. The van der Waals surface area contributed by atoms with Crippen LogP contribution < -0.4 is 5.73 Å². The van der Waals surface area contributed by atoms with Crippen molar-refractivity contribution in [2.45, 2.75) is 13.0 Å². The zero-order valence-corrected chi connectivity index (χ0v) is 8.15. The third-order valence-corrected chi connectivity index (χ3v) is 2.09. The third kappa shape index (κ3) is 1.94. The van der Waals surface area contributed by atoms with E-state index in [4.69, 9.17) is 17.3 Å². The van der Waals surface area contributed by atoms with Crippen LogP contribution in [-0.4, -0.2) is 10.0 Å². The van der Waals surface area contributed by atoms with Crippen LogP contribution in [0.1, 0.15) is 18.5 Å². The molecule has 0 saturated heterocycles. The molecule has 1 aromatic rings. The first-order valence-electron chi connectivity index (χ1n) is 3.86. The van der Waals surface area contributed by atoms with E-state index in [9.17, 15) is 15.2 Å². The number of nitrogens with zero attached hydrogens (tertiary/aromatic N) is 1. The van der Waals surface area contributed by atoms with Crippen LogP contribution >= 0.6 is 11.6 Å². The molecule has 14 heavy (non-hydrogen) atoms. The maximum atomic E-state index is 10.5. The fraction of sp³-hybridized carbons (Fsp3) is 0.250. The number of phenols is 1. The highest BCUT2D eigenvalue weighted by atomic mass is 35.5.